The number of hydrogen-bond acceptors (Lipinski definition) is 10. The van der Waals surface area contributed by atoms with Crippen LogP contribution in [0.1, 0.15) is 16.1 Å². The van der Waals surface area contributed by atoms with Crippen molar-refractivity contribution in [3.63, 3.8) is 0 Å². The maximum atomic E-state index is 12.0. The Bertz CT molecular complexity index is 1010. The Kier molecular flexibility index (Phi) is 6.76. The van der Waals surface area contributed by atoms with Crippen LogP contribution in [0.25, 0.3) is 0 Å². The molecule has 11 nitrogen and oxygen atoms in total. The molecule has 0 aliphatic carbocycles. The number of anilines is 1. The average Bonchev–Trinajstić information content (AvgIpc) is 3.40. The second-order valence-electron chi connectivity index (χ2n) is 5.40. The molecule has 2 aromatic heterocycles. The number of carbonyl (C=O) groups excluding carboxylic acids is 2. The summed E-state index contributed by atoms with van der Waals surface area (Å²) in [5.74, 6) is -0.364. The molecule has 0 bridgehead atoms. The molecule has 0 fully saturated rings. The van der Waals surface area contributed by atoms with E-state index in [0.29, 0.717) is 16.0 Å². The zero-order valence-electron chi connectivity index (χ0n) is 14.7. The highest BCUT2D eigenvalue weighted by molar-refractivity contribution is 8.01. The highest BCUT2D eigenvalue weighted by Gasteiger charge is 2.13. The van der Waals surface area contributed by atoms with E-state index in [4.69, 9.17) is 4.42 Å². The van der Waals surface area contributed by atoms with Crippen LogP contribution in [0.2, 0.25) is 0 Å². The van der Waals surface area contributed by atoms with E-state index in [-0.39, 0.29) is 17.0 Å². The topological polar surface area (TPSA) is 152 Å². The zero-order chi connectivity index (χ0) is 20.6. The monoisotopic (exact) mass is 434 g/mol. The van der Waals surface area contributed by atoms with Gasteiger partial charge in [-0.1, -0.05) is 29.2 Å². The second kappa shape index (κ2) is 9.66. The van der Waals surface area contributed by atoms with Crippen LogP contribution < -0.4 is 16.2 Å². The lowest BCUT2D eigenvalue weighted by Gasteiger charge is -2.06. The molecule has 3 N–H and O–H groups in total. The molecule has 0 saturated carbocycles. The fourth-order valence-corrected chi connectivity index (χ4v) is 3.59. The first-order chi connectivity index (χ1) is 14.0. The van der Waals surface area contributed by atoms with Gasteiger partial charge in [-0.3, -0.25) is 30.6 Å². The van der Waals surface area contributed by atoms with Crippen molar-refractivity contribution < 1.29 is 18.9 Å². The quantitative estimate of drug-likeness (QED) is 0.275. The van der Waals surface area contributed by atoms with E-state index in [1.54, 1.807) is 12.3 Å². The molecule has 0 radical (unpaired) electrons. The Hall–Kier alpha value is -3.45. The SMILES string of the molecule is O=C(CSc1nnc(NCc2ccco2)s1)NNC(=O)c1cccc([N+](=O)[O-])c1. The molecule has 3 rings (SSSR count). The van der Waals surface area contributed by atoms with E-state index in [1.807, 2.05) is 6.07 Å². The molecule has 0 atom stereocenters. The number of nitro benzene ring substituents is 1. The third kappa shape index (κ3) is 6.02. The van der Waals surface area contributed by atoms with Crippen molar-refractivity contribution in [1.29, 1.82) is 0 Å². The van der Waals surface area contributed by atoms with E-state index in [1.165, 1.54) is 29.5 Å². The Labute approximate surface area is 172 Å². The number of carbonyl (C=O) groups is 2. The summed E-state index contributed by atoms with van der Waals surface area (Å²) < 4.78 is 5.78. The van der Waals surface area contributed by atoms with Crippen LogP contribution in [-0.4, -0.2) is 32.7 Å². The maximum absolute atomic E-state index is 12.0. The number of amides is 2. The maximum Gasteiger partial charge on any atom is 0.270 e. The molecule has 13 heteroatoms. The molecule has 0 aliphatic heterocycles. The van der Waals surface area contributed by atoms with Crippen LogP contribution in [0.3, 0.4) is 0 Å². The number of benzene rings is 1. The summed E-state index contributed by atoms with van der Waals surface area (Å²) >= 11 is 2.43. The largest absolute Gasteiger partial charge is 0.467 e. The zero-order valence-corrected chi connectivity index (χ0v) is 16.3. The number of aromatic nitrogens is 2. The fourth-order valence-electron chi connectivity index (χ4n) is 2.04. The van der Waals surface area contributed by atoms with E-state index >= 15 is 0 Å². The van der Waals surface area contributed by atoms with E-state index < -0.39 is 16.7 Å². The van der Waals surface area contributed by atoms with E-state index in [0.717, 1.165) is 23.6 Å². The Morgan fingerprint density at radius 1 is 1.21 bits per heavy atom. The van der Waals surface area contributed by atoms with E-state index in [9.17, 15) is 19.7 Å². The Balaban J connectivity index is 1.41. The molecule has 0 saturated heterocycles. The van der Waals surface area contributed by atoms with Crippen molar-refractivity contribution in [2.24, 2.45) is 0 Å². The van der Waals surface area contributed by atoms with Crippen LogP contribution >= 0.6 is 23.1 Å². The van der Waals surface area contributed by atoms with Crippen molar-refractivity contribution in [3.05, 3.63) is 64.1 Å². The molecule has 0 spiro atoms. The number of furan rings is 1. The van der Waals surface area contributed by atoms with Crippen LogP contribution in [0.4, 0.5) is 10.8 Å². The fraction of sp³-hybridized carbons (Fsp3) is 0.125. The average molecular weight is 434 g/mol. The minimum absolute atomic E-state index is 0.00202. The molecule has 150 valence electrons. The number of non-ortho nitro benzene ring substituents is 1. The van der Waals surface area contributed by atoms with Gasteiger partial charge in [-0.2, -0.15) is 0 Å². The number of hydrogen-bond donors (Lipinski definition) is 3. The first kappa shape index (κ1) is 20.3. The third-order valence-corrected chi connectivity index (χ3v) is 5.38. The van der Waals surface area contributed by atoms with E-state index in [2.05, 4.69) is 26.4 Å². The van der Waals surface area contributed by atoms with Gasteiger partial charge in [0.2, 0.25) is 11.0 Å². The van der Waals surface area contributed by atoms with Crippen LogP contribution in [-0.2, 0) is 11.3 Å². The molecule has 29 heavy (non-hydrogen) atoms. The van der Waals surface area contributed by atoms with Crippen LogP contribution in [0.5, 0.6) is 0 Å². The molecular formula is C16H14N6O5S2. The summed E-state index contributed by atoms with van der Waals surface area (Å²) in [5.41, 5.74) is 4.31. The summed E-state index contributed by atoms with van der Waals surface area (Å²) in [6.45, 7) is 0.469. The number of nitrogens with zero attached hydrogens (tertiary/aromatic N) is 3. The summed E-state index contributed by atoms with van der Waals surface area (Å²) in [5, 5.41) is 22.3. The minimum atomic E-state index is -0.660. The van der Waals surface area contributed by atoms with Gasteiger partial charge in [-0.05, 0) is 18.2 Å². The summed E-state index contributed by atoms with van der Waals surface area (Å²) in [6, 6.07) is 8.80. The number of rotatable bonds is 8. The molecule has 2 amide bonds. The first-order valence-electron chi connectivity index (χ1n) is 8.07. The number of nitro groups is 1. The third-order valence-electron chi connectivity index (χ3n) is 3.36. The number of nitrogens with one attached hydrogen (secondary N) is 3. The molecule has 0 aliphatic rings. The summed E-state index contributed by atoms with van der Waals surface area (Å²) in [6.07, 6.45) is 1.58. The van der Waals surface area contributed by atoms with Crippen molar-refractivity contribution >= 4 is 45.7 Å². The lowest BCUT2D eigenvalue weighted by atomic mass is 10.2. The molecule has 2 heterocycles. The van der Waals surface area contributed by atoms with Crippen molar-refractivity contribution in [3.8, 4) is 0 Å². The lowest BCUT2D eigenvalue weighted by Crippen LogP contribution is -2.42. The van der Waals surface area contributed by atoms with Gasteiger partial charge >= 0.3 is 0 Å². The predicted octanol–water partition coefficient (Wildman–Crippen LogP) is 2.20. The molecule has 0 unspecified atom stereocenters. The van der Waals surface area contributed by atoms with Gasteiger partial charge in [0.15, 0.2) is 4.34 Å². The first-order valence-corrected chi connectivity index (χ1v) is 9.87. The molecular weight excluding hydrogens is 420 g/mol. The number of hydrazine groups is 1. The smallest absolute Gasteiger partial charge is 0.270 e. The number of thioether (sulfide) groups is 1. The van der Waals surface area contributed by atoms with Gasteiger partial charge < -0.3 is 9.73 Å². The van der Waals surface area contributed by atoms with Crippen molar-refractivity contribution in [2.45, 2.75) is 10.9 Å². The Morgan fingerprint density at radius 2 is 2.07 bits per heavy atom. The van der Waals surface area contributed by atoms with Crippen molar-refractivity contribution in [1.82, 2.24) is 21.0 Å². The molecule has 3 aromatic rings. The lowest BCUT2D eigenvalue weighted by molar-refractivity contribution is -0.384. The van der Waals surface area contributed by atoms with Gasteiger partial charge in [0, 0.05) is 17.7 Å². The molecule has 1 aromatic carbocycles. The summed E-state index contributed by atoms with van der Waals surface area (Å²) in [7, 11) is 0. The highest BCUT2D eigenvalue weighted by atomic mass is 32.2. The van der Waals surface area contributed by atoms with Gasteiger partial charge in [0.25, 0.3) is 11.6 Å². The van der Waals surface area contributed by atoms with Crippen LogP contribution in [0, 0.1) is 10.1 Å². The van der Waals surface area contributed by atoms with Crippen LogP contribution in [0.15, 0.2) is 51.4 Å². The normalized spacial score (nSPS) is 10.3. The van der Waals surface area contributed by atoms with Crippen molar-refractivity contribution in [2.75, 3.05) is 11.1 Å². The van der Waals surface area contributed by atoms with Gasteiger partial charge in [0.05, 0.1) is 23.5 Å². The predicted molar refractivity (Wildman–Crippen MR) is 105 cm³/mol. The minimum Gasteiger partial charge on any atom is -0.467 e. The highest BCUT2D eigenvalue weighted by Crippen LogP contribution is 2.25. The van der Waals surface area contributed by atoms with Gasteiger partial charge in [-0.25, -0.2) is 0 Å². The summed E-state index contributed by atoms with van der Waals surface area (Å²) in [4.78, 5) is 34.0. The standard InChI is InChI=1S/C16H14N6O5S2/c23-13(18-19-14(24)10-3-1-4-11(7-10)22(25)26)9-28-16-21-20-15(29-16)17-8-12-5-2-6-27-12/h1-7H,8-9H2,(H,17,20)(H,18,23)(H,19,24). The van der Waals surface area contributed by atoms with Gasteiger partial charge in [-0.15, -0.1) is 10.2 Å². The second-order valence-corrected chi connectivity index (χ2v) is 7.60. The van der Waals surface area contributed by atoms with Gasteiger partial charge in [0.1, 0.15) is 5.76 Å². The Morgan fingerprint density at radius 3 is 2.83 bits per heavy atom.